The van der Waals surface area contributed by atoms with E-state index in [0.29, 0.717) is 0 Å². The Bertz CT molecular complexity index is 5050. The molecule has 4 aliphatic heterocycles. The van der Waals surface area contributed by atoms with E-state index in [2.05, 4.69) is 299 Å². The van der Waals surface area contributed by atoms with Gasteiger partial charge in [-0.3, -0.25) is 0 Å². The van der Waals surface area contributed by atoms with Crippen LogP contribution in [0.25, 0.3) is 93.6 Å². The second-order valence-corrected chi connectivity index (χ2v) is 38.0. The van der Waals surface area contributed by atoms with E-state index in [1.54, 1.807) is 15.6 Å². The van der Waals surface area contributed by atoms with E-state index in [1.165, 1.54) is 154 Å². The minimum Gasteiger partial charge on any atom is -0.310 e. The van der Waals surface area contributed by atoms with Gasteiger partial charge in [0, 0.05) is 54.9 Å². The largest absolute Gasteiger partial charge is 0.310 e. The Morgan fingerprint density at radius 3 is 1.29 bits per heavy atom. The lowest BCUT2D eigenvalue weighted by Gasteiger charge is -2.43. The number of hydrogen-bond acceptors (Lipinski definition) is 0. The van der Waals surface area contributed by atoms with Crippen molar-refractivity contribution in [2.75, 3.05) is 0 Å². The van der Waals surface area contributed by atoms with Crippen molar-refractivity contribution in [3.05, 3.63) is 178 Å². The van der Waals surface area contributed by atoms with Gasteiger partial charge in [-0.2, -0.15) is 0 Å². The average Bonchev–Trinajstić information content (AvgIpc) is 1.53. The smallest absolute Gasteiger partial charge is 0.253 e. The molecule has 0 fully saturated rings. The highest BCUT2D eigenvalue weighted by molar-refractivity contribution is 7.24. The van der Waals surface area contributed by atoms with Gasteiger partial charge in [0.1, 0.15) is 0 Å². The topological polar surface area (TPSA) is 14.8 Å². The van der Waals surface area contributed by atoms with Gasteiger partial charge in [0.25, 0.3) is 6.71 Å². The first-order chi connectivity index (χ1) is 40.6. The molecule has 0 amide bonds. The molecule has 12 aromatic rings. The van der Waals surface area contributed by atoms with Crippen LogP contribution in [-0.2, 0) is 37.9 Å². The average molecular weight is 1150 g/mol. The standard InChI is InChI=1S/C82H86BN3Si/c1-76(2,3)45-22-28-52(29-23-45)84-63-40-47(78(7,8)9)27-33-56(63)69-64(84)44-59-53-30-24-46(77(4,5)6)39-62(53)85-61-34-35-65-75-70(61)83(71(69)74(59)85)60-38-50(81(16,17)18)36-57-58-37-51(82(19,20)21)43-68(73(58)86(75)72(57)60)87(65)66-41-48(79(10,11)12)25-31-54(66)55-32-26-49(42-67(55)87)80(13,14)15/h22-44H,1-21H3. The summed E-state index contributed by atoms with van der Waals surface area (Å²) in [4.78, 5) is 0. The molecule has 87 heavy (non-hydrogen) atoms. The first-order valence-corrected chi connectivity index (χ1v) is 34.4. The van der Waals surface area contributed by atoms with Gasteiger partial charge >= 0.3 is 0 Å². The van der Waals surface area contributed by atoms with Crippen molar-refractivity contribution in [2.24, 2.45) is 0 Å². The molecule has 0 N–H and O–H groups in total. The Hall–Kier alpha value is -7.34. The third-order valence-corrected chi connectivity index (χ3v) is 26.3. The Balaban J connectivity index is 1.18. The maximum Gasteiger partial charge on any atom is 0.253 e. The van der Waals surface area contributed by atoms with Crippen molar-refractivity contribution < 1.29 is 0 Å². The normalized spacial score (nSPS) is 15.3. The fourth-order valence-electron chi connectivity index (χ4n) is 16.5. The van der Waals surface area contributed by atoms with E-state index < -0.39 is 8.07 Å². The number of aromatic nitrogens is 3. The molecule has 5 heteroatoms. The molecule has 16 rings (SSSR count). The SMILES string of the molecule is CC(C)(C)c1ccc(-n2c3cc(C(C)(C)C)ccc3c3c4c5c(cc32)c2ccc(C(C)(C)C)cc2n5-c2ccc3c5c2B4c2cc(C(C)(C)C)cc4c6cc(C(C)(C)C)cc(c6n-5c24)[Si]32c3cc(C(C)(C)C)ccc3-c3ccc(C(C)(C)C)cc32)cc1. The Labute approximate surface area is 517 Å². The van der Waals surface area contributed by atoms with E-state index in [4.69, 9.17) is 0 Å². The molecular formula is C82H86BN3Si. The summed E-state index contributed by atoms with van der Waals surface area (Å²) < 4.78 is 8.31. The second-order valence-electron chi connectivity index (χ2n) is 34.3. The number of fused-ring (bicyclic) bond motifs is 18. The van der Waals surface area contributed by atoms with Crippen molar-refractivity contribution in [2.45, 2.75) is 183 Å². The fourth-order valence-corrected chi connectivity index (χ4v) is 22.2. The van der Waals surface area contributed by atoms with Crippen molar-refractivity contribution >= 4 is 117 Å². The van der Waals surface area contributed by atoms with Gasteiger partial charge < -0.3 is 13.7 Å². The third kappa shape index (κ3) is 7.18. The van der Waals surface area contributed by atoms with Crippen LogP contribution in [0.2, 0.25) is 0 Å². The van der Waals surface area contributed by atoms with Crippen LogP contribution in [0.1, 0.15) is 184 Å². The van der Waals surface area contributed by atoms with Crippen LogP contribution >= 0.6 is 0 Å². The minimum atomic E-state index is -3.26. The van der Waals surface area contributed by atoms with Gasteiger partial charge in [-0.15, -0.1) is 0 Å². The molecule has 1 spiro atoms. The lowest BCUT2D eigenvalue weighted by molar-refractivity contribution is 0.590. The Kier molecular flexibility index (Phi) is 10.5. The van der Waals surface area contributed by atoms with Crippen LogP contribution in [0.15, 0.2) is 140 Å². The van der Waals surface area contributed by atoms with Crippen LogP contribution in [0.5, 0.6) is 0 Å². The molecule has 3 aromatic heterocycles. The van der Waals surface area contributed by atoms with Crippen LogP contribution in [-0.4, -0.2) is 28.5 Å². The Morgan fingerprint density at radius 2 is 0.747 bits per heavy atom. The molecule has 7 heterocycles. The third-order valence-electron chi connectivity index (χ3n) is 21.5. The molecule has 0 unspecified atom stereocenters. The molecule has 3 nitrogen and oxygen atoms in total. The number of rotatable bonds is 1. The maximum atomic E-state index is 2.88. The van der Waals surface area contributed by atoms with Gasteiger partial charge in [0.05, 0.1) is 27.6 Å². The molecule has 436 valence electrons. The van der Waals surface area contributed by atoms with Gasteiger partial charge in [-0.05, 0) is 174 Å². The molecule has 9 aromatic carbocycles. The van der Waals surface area contributed by atoms with Crippen molar-refractivity contribution in [1.29, 1.82) is 0 Å². The highest BCUT2D eigenvalue weighted by Gasteiger charge is 2.57. The van der Waals surface area contributed by atoms with E-state index in [1.807, 2.05) is 0 Å². The molecule has 0 saturated carbocycles. The van der Waals surface area contributed by atoms with E-state index in [9.17, 15) is 0 Å². The summed E-state index contributed by atoms with van der Waals surface area (Å²) in [5, 5.41) is 14.3. The van der Waals surface area contributed by atoms with Crippen LogP contribution in [0.3, 0.4) is 0 Å². The lowest BCUT2D eigenvalue weighted by Crippen LogP contribution is -2.77. The molecule has 0 aliphatic carbocycles. The van der Waals surface area contributed by atoms with Gasteiger partial charge in [0.15, 0.2) is 8.07 Å². The zero-order valence-corrected chi connectivity index (χ0v) is 56.7. The second kappa shape index (κ2) is 16.7. The number of hydrogen-bond donors (Lipinski definition) is 0. The van der Waals surface area contributed by atoms with Crippen LogP contribution in [0.4, 0.5) is 0 Å². The summed E-state index contributed by atoms with van der Waals surface area (Å²) in [5.41, 5.74) is 28.3. The zero-order valence-electron chi connectivity index (χ0n) is 55.7. The summed E-state index contributed by atoms with van der Waals surface area (Å²) in [6, 6.07) is 58.6. The van der Waals surface area contributed by atoms with Crippen molar-refractivity contribution in [3.63, 3.8) is 0 Å². The lowest BCUT2D eigenvalue weighted by atomic mass is 9.33. The number of nitrogens with zero attached hydrogens (tertiary/aromatic N) is 3. The van der Waals surface area contributed by atoms with Crippen LogP contribution in [0, 0.1) is 0 Å². The van der Waals surface area contributed by atoms with E-state index >= 15 is 0 Å². The summed E-state index contributed by atoms with van der Waals surface area (Å²) in [7, 11) is -3.26. The molecule has 4 aliphatic rings. The predicted octanol–water partition coefficient (Wildman–Crippen LogP) is 16.9. The highest BCUT2D eigenvalue weighted by atomic mass is 28.3. The van der Waals surface area contributed by atoms with E-state index in [0.717, 1.165) is 0 Å². The van der Waals surface area contributed by atoms with Crippen molar-refractivity contribution in [3.8, 4) is 28.2 Å². The summed E-state index contributed by atoms with van der Waals surface area (Å²) in [6.45, 7) is 50.3. The fraction of sp³-hybridized carbons (Fsp3) is 0.341. The molecular weight excluding hydrogens is 1070 g/mol. The minimum absolute atomic E-state index is 0.0225. The van der Waals surface area contributed by atoms with Gasteiger partial charge in [-0.1, -0.05) is 236 Å². The molecule has 0 atom stereocenters. The summed E-state index contributed by atoms with van der Waals surface area (Å²) >= 11 is 0. The van der Waals surface area contributed by atoms with Gasteiger partial charge in [0.2, 0.25) is 0 Å². The molecule has 0 bridgehead atoms. The molecule has 0 saturated heterocycles. The monoisotopic (exact) mass is 1150 g/mol. The van der Waals surface area contributed by atoms with E-state index in [-0.39, 0.29) is 44.6 Å². The Morgan fingerprint density at radius 1 is 0.299 bits per heavy atom. The maximum absolute atomic E-state index is 3.26. The quantitative estimate of drug-likeness (QED) is 0.146. The zero-order chi connectivity index (χ0) is 61.5. The summed E-state index contributed by atoms with van der Waals surface area (Å²) in [5.74, 6) is 0. The predicted molar refractivity (Wildman–Crippen MR) is 381 cm³/mol. The first kappa shape index (κ1) is 55.0. The van der Waals surface area contributed by atoms with Crippen molar-refractivity contribution in [1.82, 2.24) is 13.7 Å². The first-order valence-electron chi connectivity index (χ1n) is 32.4. The molecule has 0 radical (unpaired) electrons. The number of benzene rings is 9. The summed E-state index contributed by atoms with van der Waals surface area (Å²) in [6.07, 6.45) is 0. The highest BCUT2D eigenvalue weighted by Crippen LogP contribution is 2.48. The van der Waals surface area contributed by atoms with Gasteiger partial charge in [-0.25, -0.2) is 0 Å². The van der Waals surface area contributed by atoms with Crippen LogP contribution < -0.4 is 37.1 Å².